The number of piperidine rings is 1. The first-order valence-electron chi connectivity index (χ1n) is 9.46. The van der Waals surface area contributed by atoms with E-state index >= 15 is 0 Å². The lowest BCUT2D eigenvalue weighted by molar-refractivity contribution is -0.120. The Morgan fingerprint density at radius 1 is 1.31 bits per heavy atom. The molecular formula is C18H24N4O5S2. The third kappa shape index (κ3) is 4.71. The van der Waals surface area contributed by atoms with Gasteiger partial charge in [-0.3, -0.25) is 4.79 Å². The zero-order chi connectivity index (χ0) is 21.2. The van der Waals surface area contributed by atoms with E-state index in [1.807, 2.05) is 0 Å². The van der Waals surface area contributed by atoms with Gasteiger partial charge < -0.3 is 15.0 Å². The summed E-state index contributed by atoms with van der Waals surface area (Å²) in [7, 11) is -3.25. The van der Waals surface area contributed by atoms with Crippen molar-refractivity contribution < 1.29 is 22.7 Å². The van der Waals surface area contributed by atoms with Crippen LogP contribution in [0.5, 0.6) is 0 Å². The van der Waals surface area contributed by atoms with Gasteiger partial charge in [-0.2, -0.15) is 5.26 Å². The average Bonchev–Trinajstić information content (AvgIpc) is 3.03. The zero-order valence-electron chi connectivity index (χ0n) is 16.4. The third-order valence-electron chi connectivity index (χ3n) is 5.23. The van der Waals surface area contributed by atoms with Crippen LogP contribution in [0.2, 0.25) is 0 Å². The fourth-order valence-electron chi connectivity index (χ4n) is 3.64. The van der Waals surface area contributed by atoms with Crippen LogP contribution in [0.15, 0.2) is 0 Å². The van der Waals surface area contributed by atoms with E-state index in [4.69, 9.17) is 4.74 Å². The molecule has 29 heavy (non-hydrogen) atoms. The van der Waals surface area contributed by atoms with E-state index < -0.39 is 10.0 Å². The van der Waals surface area contributed by atoms with E-state index in [1.54, 1.807) is 11.8 Å². The van der Waals surface area contributed by atoms with E-state index in [9.17, 15) is 23.3 Å². The predicted octanol–water partition coefficient (Wildman–Crippen LogP) is 1.74. The van der Waals surface area contributed by atoms with Crippen LogP contribution in [0, 0.1) is 17.2 Å². The Morgan fingerprint density at radius 3 is 2.59 bits per heavy atom. The van der Waals surface area contributed by atoms with Crippen molar-refractivity contribution in [3.05, 3.63) is 16.0 Å². The number of carbonyl (C=O) groups excluding carboxylic acids is 2. The van der Waals surface area contributed by atoms with Crippen molar-refractivity contribution in [1.82, 2.24) is 9.21 Å². The van der Waals surface area contributed by atoms with Gasteiger partial charge in [0.25, 0.3) is 0 Å². The van der Waals surface area contributed by atoms with Crippen LogP contribution < -0.4 is 5.32 Å². The average molecular weight is 441 g/mol. The van der Waals surface area contributed by atoms with Gasteiger partial charge in [-0.15, -0.1) is 11.3 Å². The summed E-state index contributed by atoms with van der Waals surface area (Å²) in [5.41, 5.74) is 1.33. The monoisotopic (exact) mass is 440 g/mol. The van der Waals surface area contributed by atoms with Gasteiger partial charge in [-0.25, -0.2) is 17.5 Å². The first-order chi connectivity index (χ1) is 13.7. The normalized spacial score (nSPS) is 18.0. The smallest absolute Gasteiger partial charge is 0.410 e. The lowest BCUT2D eigenvalue weighted by Crippen LogP contribution is -2.40. The van der Waals surface area contributed by atoms with Crippen LogP contribution in [0.4, 0.5) is 9.80 Å². The van der Waals surface area contributed by atoms with Gasteiger partial charge in [0, 0.05) is 30.4 Å². The summed E-state index contributed by atoms with van der Waals surface area (Å²) < 4.78 is 29.7. The molecular weight excluding hydrogens is 416 g/mol. The molecule has 158 valence electrons. The Balaban J connectivity index is 1.69. The molecule has 3 heterocycles. The zero-order valence-corrected chi connectivity index (χ0v) is 18.1. The van der Waals surface area contributed by atoms with Crippen molar-refractivity contribution >= 4 is 38.4 Å². The van der Waals surface area contributed by atoms with E-state index in [-0.39, 0.29) is 17.9 Å². The van der Waals surface area contributed by atoms with Crippen LogP contribution >= 0.6 is 11.3 Å². The highest BCUT2D eigenvalue weighted by atomic mass is 32.2. The highest BCUT2D eigenvalue weighted by Crippen LogP contribution is 2.37. The summed E-state index contributed by atoms with van der Waals surface area (Å²) in [6.45, 7) is 3.51. The van der Waals surface area contributed by atoms with Crippen molar-refractivity contribution in [1.29, 1.82) is 5.26 Å². The van der Waals surface area contributed by atoms with Crippen molar-refractivity contribution in [2.75, 3.05) is 37.8 Å². The number of ether oxygens (including phenoxy) is 1. The first kappa shape index (κ1) is 21.5. The van der Waals surface area contributed by atoms with Crippen LogP contribution in [0.3, 0.4) is 0 Å². The van der Waals surface area contributed by atoms with Gasteiger partial charge in [0.15, 0.2) is 0 Å². The molecule has 2 amide bonds. The maximum Gasteiger partial charge on any atom is 0.410 e. The van der Waals surface area contributed by atoms with Gasteiger partial charge >= 0.3 is 6.09 Å². The summed E-state index contributed by atoms with van der Waals surface area (Å²) in [4.78, 5) is 27.1. The molecule has 0 aliphatic carbocycles. The molecule has 1 aromatic heterocycles. The molecule has 1 N–H and O–H groups in total. The quantitative estimate of drug-likeness (QED) is 0.762. The standard InChI is InChI=1S/C18H24N4O5S2/c1-3-27-18(24)21-7-6-13-14(10-19)17(28-15(13)11-21)20-16(23)12-4-8-22(9-5-12)29(2,25)26/h12H,3-9,11H2,1-2H3,(H,20,23). The fourth-order valence-corrected chi connectivity index (χ4v) is 5.73. The highest BCUT2D eigenvalue weighted by molar-refractivity contribution is 7.88. The van der Waals surface area contributed by atoms with Crippen LogP contribution in [0.1, 0.15) is 35.8 Å². The number of sulfonamides is 1. The van der Waals surface area contributed by atoms with Gasteiger partial charge in [0.2, 0.25) is 15.9 Å². The van der Waals surface area contributed by atoms with E-state index in [0.29, 0.717) is 62.6 Å². The third-order valence-corrected chi connectivity index (χ3v) is 7.66. The van der Waals surface area contributed by atoms with E-state index in [0.717, 1.165) is 10.4 Å². The maximum atomic E-state index is 12.7. The lowest BCUT2D eigenvalue weighted by atomic mass is 9.97. The molecule has 0 atom stereocenters. The number of anilines is 1. The van der Waals surface area contributed by atoms with Gasteiger partial charge in [0.05, 0.1) is 25.0 Å². The topological polar surface area (TPSA) is 120 Å². The summed E-state index contributed by atoms with van der Waals surface area (Å²) >= 11 is 1.31. The molecule has 0 spiro atoms. The van der Waals surface area contributed by atoms with Crippen molar-refractivity contribution in [2.24, 2.45) is 5.92 Å². The second-order valence-electron chi connectivity index (χ2n) is 7.12. The number of fused-ring (bicyclic) bond motifs is 1. The summed E-state index contributed by atoms with van der Waals surface area (Å²) in [6.07, 6.45) is 2.22. The highest BCUT2D eigenvalue weighted by Gasteiger charge is 2.31. The number of amides is 2. The van der Waals surface area contributed by atoms with Crippen molar-refractivity contribution in [2.45, 2.75) is 32.7 Å². The molecule has 9 nitrogen and oxygen atoms in total. The van der Waals surface area contributed by atoms with Gasteiger partial charge in [-0.05, 0) is 31.7 Å². The molecule has 1 fully saturated rings. The van der Waals surface area contributed by atoms with Crippen LogP contribution in [-0.4, -0.2) is 62.1 Å². The summed E-state index contributed by atoms with van der Waals surface area (Å²) in [5.74, 6) is -0.495. The number of hydrogen-bond donors (Lipinski definition) is 1. The molecule has 3 rings (SSSR count). The van der Waals surface area contributed by atoms with E-state index in [1.165, 1.54) is 21.9 Å². The SMILES string of the molecule is CCOC(=O)N1CCc2c(sc(NC(=O)C3CCN(S(C)(=O)=O)CC3)c2C#N)C1. The van der Waals surface area contributed by atoms with Crippen LogP contribution in [0.25, 0.3) is 0 Å². The minimum atomic E-state index is -3.25. The minimum absolute atomic E-state index is 0.199. The number of hydrogen-bond acceptors (Lipinski definition) is 7. The molecule has 0 aromatic carbocycles. The second kappa shape index (κ2) is 8.69. The molecule has 0 unspecified atom stereocenters. The number of nitrogens with one attached hydrogen (secondary N) is 1. The Labute approximate surface area is 174 Å². The molecule has 0 radical (unpaired) electrons. The molecule has 1 aromatic rings. The number of nitrogens with zero attached hydrogens (tertiary/aromatic N) is 3. The van der Waals surface area contributed by atoms with Crippen molar-refractivity contribution in [3.8, 4) is 6.07 Å². The minimum Gasteiger partial charge on any atom is -0.450 e. The lowest BCUT2D eigenvalue weighted by Gasteiger charge is -2.29. The second-order valence-corrected chi connectivity index (χ2v) is 10.2. The number of nitriles is 1. The molecule has 2 aliphatic rings. The summed E-state index contributed by atoms with van der Waals surface area (Å²) in [5, 5.41) is 13.0. The van der Waals surface area contributed by atoms with Crippen molar-refractivity contribution in [3.63, 3.8) is 0 Å². The Kier molecular flexibility index (Phi) is 6.45. The van der Waals surface area contributed by atoms with Gasteiger partial charge in [-0.1, -0.05) is 0 Å². The van der Waals surface area contributed by atoms with E-state index in [2.05, 4.69) is 11.4 Å². The van der Waals surface area contributed by atoms with Gasteiger partial charge in [0.1, 0.15) is 11.1 Å². The molecule has 2 aliphatic heterocycles. The Morgan fingerprint density at radius 2 is 2.00 bits per heavy atom. The molecule has 0 saturated carbocycles. The molecule has 1 saturated heterocycles. The van der Waals surface area contributed by atoms with Crippen LogP contribution in [-0.2, 0) is 32.5 Å². The predicted molar refractivity (Wildman–Crippen MR) is 108 cm³/mol. The Hall–Kier alpha value is -2.16. The number of rotatable bonds is 4. The molecule has 11 heteroatoms. The largest absolute Gasteiger partial charge is 0.450 e. The maximum absolute atomic E-state index is 12.7. The number of carbonyl (C=O) groups is 2. The summed E-state index contributed by atoms with van der Waals surface area (Å²) in [6, 6.07) is 2.18. The first-order valence-corrected chi connectivity index (χ1v) is 12.1. The number of thiophene rings is 1. The fraction of sp³-hybridized carbons (Fsp3) is 0.611. The molecule has 0 bridgehead atoms. The Bertz CT molecular complexity index is 942.